The van der Waals surface area contributed by atoms with Crippen molar-refractivity contribution in [1.82, 2.24) is 9.80 Å². The number of nitrogens with zero attached hydrogens (tertiary/aromatic N) is 2. The maximum absolute atomic E-state index is 4.07. The van der Waals surface area contributed by atoms with Gasteiger partial charge in [0, 0.05) is 22.6 Å². The van der Waals surface area contributed by atoms with Gasteiger partial charge in [0.1, 0.15) is 5.82 Å². The van der Waals surface area contributed by atoms with Crippen LogP contribution in [0.1, 0.15) is 41.5 Å². The van der Waals surface area contributed by atoms with Crippen LogP contribution in [0.15, 0.2) is 47.2 Å². The van der Waals surface area contributed by atoms with Crippen LogP contribution in [0.5, 0.6) is 0 Å². The summed E-state index contributed by atoms with van der Waals surface area (Å²) < 4.78 is 0. The Hall–Kier alpha value is -1.44. The van der Waals surface area contributed by atoms with Crippen molar-refractivity contribution in [3.8, 4) is 0 Å². The summed E-state index contributed by atoms with van der Waals surface area (Å²) in [6.07, 6.45) is 4.30. The van der Waals surface area contributed by atoms with Crippen LogP contribution < -0.4 is 0 Å². The van der Waals surface area contributed by atoms with Crippen LogP contribution in [-0.4, -0.2) is 15.3 Å². The van der Waals surface area contributed by atoms with Gasteiger partial charge in [-0.15, -0.1) is 0 Å². The molecule has 0 radical (unpaired) electrons. The number of hydrogen-bond donors (Lipinski definition) is 0. The molecule has 0 N–H and O–H groups in total. The Morgan fingerprint density at radius 1 is 1.00 bits per heavy atom. The third-order valence-electron chi connectivity index (χ3n) is 3.38. The summed E-state index contributed by atoms with van der Waals surface area (Å²) in [7, 11) is 0. The van der Waals surface area contributed by atoms with Gasteiger partial charge in [0.2, 0.25) is 0 Å². The van der Waals surface area contributed by atoms with E-state index in [0.717, 1.165) is 5.57 Å². The molecule has 2 aliphatic heterocycles. The molecule has 2 nitrogen and oxygen atoms in total. The topological polar surface area (TPSA) is 6.48 Å². The van der Waals surface area contributed by atoms with E-state index in [9.17, 15) is 0 Å². The molecule has 0 saturated heterocycles. The number of hydrogen-bond acceptors (Lipinski definition) is 2. The zero-order valence-corrected chi connectivity index (χ0v) is 11.8. The van der Waals surface area contributed by atoms with E-state index >= 15 is 0 Å². The Kier molecular flexibility index (Phi) is 2.49. The Balaban J connectivity index is 2.57. The van der Waals surface area contributed by atoms with Crippen molar-refractivity contribution in [2.75, 3.05) is 0 Å². The lowest BCUT2D eigenvalue weighted by molar-refractivity contribution is 0.219. The zero-order chi connectivity index (χ0) is 13.0. The van der Waals surface area contributed by atoms with Gasteiger partial charge in [0.15, 0.2) is 0 Å². The first-order valence-corrected chi connectivity index (χ1v) is 6.10. The first-order valence-electron chi connectivity index (χ1n) is 6.10. The van der Waals surface area contributed by atoms with E-state index in [0.29, 0.717) is 0 Å². The minimum absolute atomic E-state index is 0.0871. The van der Waals surface area contributed by atoms with Crippen molar-refractivity contribution in [3.05, 3.63) is 47.2 Å². The summed E-state index contributed by atoms with van der Waals surface area (Å²) in [6.45, 7) is 17.3. The molecule has 0 aliphatic carbocycles. The van der Waals surface area contributed by atoms with E-state index in [2.05, 4.69) is 70.1 Å². The second kappa shape index (κ2) is 3.52. The van der Waals surface area contributed by atoms with E-state index in [4.69, 9.17) is 0 Å². The summed E-state index contributed by atoms with van der Waals surface area (Å²) in [5.74, 6) is 1.23. The van der Waals surface area contributed by atoms with Gasteiger partial charge in [0.05, 0.1) is 0 Å². The summed E-state index contributed by atoms with van der Waals surface area (Å²) >= 11 is 0. The van der Waals surface area contributed by atoms with Crippen molar-refractivity contribution < 1.29 is 0 Å². The van der Waals surface area contributed by atoms with Gasteiger partial charge in [-0.2, -0.15) is 0 Å². The van der Waals surface area contributed by atoms with Gasteiger partial charge in [-0.05, 0) is 59.3 Å². The molecule has 0 amide bonds. The van der Waals surface area contributed by atoms with Crippen LogP contribution in [0, 0.1) is 0 Å². The highest BCUT2D eigenvalue weighted by Gasteiger charge is 2.37. The molecular formula is C15H22N2. The molecule has 2 heterocycles. The Labute approximate surface area is 105 Å². The molecule has 0 atom stereocenters. The Bertz CT molecular complexity index is 470. The highest BCUT2D eigenvalue weighted by atomic mass is 15.4. The predicted molar refractivity (Wildman–Crippen MR) is 72.8 cm³/mol. The highest BCUT2D eigenvalue weighted by Crippen LogP contribution is 2.42. The second-order valence-corrected chi connectivity index (χ2v) is 5.88. The third-order valence-corrected chi connectivity index (χ3v) is 3.38. The predicted octanol–water partition coefficient (Wildman–Crippen LogP) is 3.97. The van der Waals surface area contributed by atoms with Crippen molar-refractivity contribution in [2.24, 2.45) is 0 Å². The minimum atomic E-state index is 0.0871. The van der Waals surface area contributed by atoms with E-state index in [1.807, 2.05) is 0 Å². The van der Waals surface area contributed by atoms with E-state index in [1.54, 1.807) is 0 Å². The van der Waals surface area contributed by atoms with Crippen LogP contribution in [0.4, 0.5) is 0 Å². The maximum Gasteiger partial charge on any atom is 0.118 e. The highest BCUT2D eigenvalue weighted by molar-refractivity contribution is 5.45. The monoisotopic (exact) mass is 230 g/mol. The van der Waals surface area contributed by atoms with Crippen molar-refractivity contribution >= 4 is 0 Å². The molecule has 0 unspecified atom stereocenters. The van der Waals surface area contributed by atoms with Gasteiger partial charge >= 0.3 is 0 Å². The summed E-state index contributed by atoms with van der Waals surface area (Å²) in [6, 6.07) is 0. The molecule has 2 rings (SSSR count). The average Bonchev–Trinajstić information content (AvgIpc) is 2.37. The molecule has 0 saturated carbocycles. The smallest absolute Gasteiger partial charge is 0.118 e. The van der Waals surface area contributed by atoms with Crippen molar-refractivity contribution in [1.29, 1.82) is 0 Å². The lowest BCUT2D eigenvalue weighted by Crippen LogP contribution is -2.39. The lowest BCUT2D eigenvalue weighted by atomic mass is 10.0. The maximum atomic E-state index is 4.07. The molecular weight excluding hydrogens is 208 g/mol. The average molecular weight is 230 g/mol. The molecule has 0 aromatic rings. The molecule has 0 aromatic heterocycles. The van der Waals surface area contributed by atoms with Crippen LogP contribution in [-0.2, 0) is 0 Å². The first-order chi connectivity index (χ1) is 7.73. The quantitative estimate of drug-likeness (QED) is 0.621. The van der Waals surface area contributed by atoms with Gasteiger partial charge < -0.3 is 9.80 Å². The van der Waals surface area contributed by atoms with Gasteiger partial charge in [-0.1, -0.05) is 6.58 Å². The number of allylic oxidation sites excluding steroid dienone is 6. The molecule has 92 valence electrons. The summed E-state index contributed by atoms with van der Waals surface area (Å²) in [5, 5.41) is 0. The molecule has 0 aromatic carbocycles. The lowest BCUT2D eigenvalue weighted by Gasteiger charge is -2.38. The fraction of sp³-hybridized carbons (Fsp3) is 0.467. The number of fused-ring (bicyclic) bond motifs is 1. The molecule has 2 aliphatic rings. The van der Waals surface area contributed by atoms with Crippen molar-refractivity contribution in [3.63, 3.8) is 0 Å². The molecule has 0 fully saturated rings. The molecule has 17 heavy (non-hydrogen) atoms. The number of rotatable bonds is 0. The molecule has 0 spiro atoms. The van der Waals surface area contributed by atoms with Gasteiger partial charge in [0.25, 0.3) is 0 Å². The SMILES string of the molecule is C=C1C=C(C)N2C(=C1)N(C(C)(C)C)C(C)=C2C. The largest absolute Gasteiger partial charge is 0.325 e. The molecule has 0 bridgehead atoms. The van der Waals surface area contributed by atoms with Gasteiger partial charge in [-0.25, -0.2) is 0 Å². The standard InChI is InChI=1S/C15H22N2/c1-10-8-11(2)16-12(3)13(4)17(14(16)9-10)15(5,6)7/h8-9H,1H2,2-7H3. The zero-order valence-electron chi connectivity index (χ0n) is 11.8. The fourth-order valence-electron chi connectivity index (χ4n) is 2.73. The van der Waals surface area contributed by atoms with Crippen LogP contribution in [0.3, 0.4) is 0 Å². The second-order valence-electron chi connectivity index (χ2n) is 5.88. The van der Waals surface area contributed by atoms with E-state index in [1.165, 1.54) is 22.9 Å². The van der Waals surface area contributed by atoms with Crippen molar-refractivity contribution in [2.45, 2.75) is 47.1 Å². The van der Waals surface area contributed by atoms with E-state index in [-0.39, 0.29) is 5.54 Å². The normalized spacial score (nSPS) is 20.7. The Morgan fingerprint density at radius 3 is 2.12 bits per heavy atom. The van der Waals surface area contributed by atoms with Crippen LogP contribution in [0.2, 0.25) is 0 Å². The fourth-order valence-corrected chi connectivity index (χ4v) is 2.73. The Morgan fingerprint density at radius 2 is 1.59 bits per heavy atom. The van der Waals surface area contributed by atoms with Gasteiger partial charge in [-0.3, -0.25) is 0 Å². The molecule has 2 heteroatoms. The minimum Gasteiger partial charge on any atom is -0.325 e. The first kappa shape index (κ1) is 12.0. The van der Waals surface area contributed by atoms with E-state index < -0.39 is 0 Å². The summed E-state index contributed by atoms with van der Waals surface area (Å²) in [5.41, 5.74) is 5.05. The van der Waals surface area contributed by atoms with Crippen LogP contribution in [0.25, 0.3) is 0 Å². The third kappa shape index (κ3) is 1.72. The summed E-state index contributed by atoms with van der Waals surface area (Å²) in [4.78, 5) is 4.71. The van der Waals surface area contributed by atoms with Crippen LogP contribution >= 0.6 is 0 Å².